The Hall–Kier alpha value is -3.30. The third-order valence-corrected chi connectivity index (χ3v) is 8.92. The molecule has 2 aliphatic heterocycles. The van der Waals surface area contributed by atoms with Crippen LogP contribution in [0.3, 0.4) is 0 Å². The van der Waals surface area contributed by atoms with E-state index >= 15 is 0 Å². The van der Waals surface area contributed by atoms with Crippen molar-refractivity contribution in [2.45, 2.75) is 64.8 Å². The molecule has 0 aliphatic carbocycles. The monoisotopic (exact) mass is 565 g/mol. The average molecular weight is 566 g/mol. The molecule has 5 rings (SSSR count). The molecule has 1 aromatic heterocycles. The lowest BCUT2D eigenvalue weighted by Gasteiger charge is -2.48. The van der Waals surface area contributed by atoms with Gasteiger partial charge in [0, 0.05) is 55.9 Å². The Bertz CT molecular complexity index is 1370. The van der Waals surface area contributed by atoms with Gasteiger partial charge >= 0.3 is 6.18 Å². The van der Waals surface area contributed by atoms with Crippen LogP contribution in [0.15, 0.2) is 54.6 Å². The van der Waals surface area contributed by atoms with Crippen LogP contribution in [0.4, 0.5) is 13.2 Å². The standard InChI is InChI=1S/C32H38F3N5O/c1-21-19-39(17-18-40(21)24(4)25-11-13-27(14-12-25)32(33,34)35)31(5)15-16-38(20-31)30(41)28-22(2)36-29(37-23(28)3)26-9-7-6-8-10-26/h6-14,21,24H,15-20H2,1-5H3/t21-,24-,31?/m0/s1. The van der Waals surface area contributed by atoms with Gasteiger partial charge in [-0.2, -0.15) is 13.2 Å². The lowest BCUT2D eigenvalue weighted by atomic mass is 9.95. The van der Waals surface area contributed by atoms with Gasteiger partial charge in [-0.3, -0.25) is 14.6 Å². The Labute approximate surface area is 240 Å². The summed E-state index contributed by atoms with van der Waals surface area (Å²) >= 11 is 0. The van der Waals surface area contributed by atoms with Crippen LogP contribution in [-0.4, -0.2) is 74.9 Å². The summed E-state index contributed by atoms with van der Waals surface area (Å²) in [4.78, 5) is 29.8. The van der Waals surface area contributed by atoms with E-state index in [1.54, 1.807) is 12.1 Å². The summed E-state index contributed by atoms with van der Waals surface area (Å²) in [6.07, 6.45) is -3.45. The van der Waals surface area contributed by atoms with Crippen LogP contribution in [0.1, 0.15) is 66.1 Å². The molecule has 0 radical (unpaired) electrons. The van der Waals surface area contributed by atoms with Crippen LogP contribution in [0.5, 0.6) is 0 Å². The number of rotatable bonds is 5. The lowest BCUT2D eigenvalue weighted by molar-refractivity contribution is -0.137. The van der Waals surface area contributed by atoms with Crippen molar-refractivity contribution >= 4 is 5.91 Å². The second-order valence-corrected chi connectivity index (χ2v) is 11.8. The van der Waals surface area contributed by atoms with Gasteiger partial charge in [-0.15, -0.1) is 0 Å². The normalized spacial score (nSPS) is 23.1. The number of hydrogen-bond donors (Lipinski definition) is 0. The molecule has 3 atom stereocenters. The summed E-state index contributed by atoms with van der Waals surface area (Å²) in [5.74, 6) is 0.603. The quantitative estimate of drug-likeness (QED) is 0.372. The number of alkyl halides is 3. The molecule has 3 heterocycles. The van der Waals surface area contributed by atoms with E-state index in [1.165, 1.54) is 12.1 Å². The molecule has 0 saturated carbocycles. The molecule has 6 nitrogen and oxygen atoms in total. The van der Waals surface area contributed by atoms with Gasteiger partial charge in [-0.05, 0) is 58.7 Å². The Morgan fingerprint density at radius 1 is 0.976 bits per heavy atom. The van der Waals surface area contributed by atoms with Crippen molar-refractivity contribution < 1.29 is 18.0 Å². The number of nitrogens with zero attached hydrogens (tertiary/aromatic N) is 5. The van der Waals surface area contributed by atoms with E-state index in [2.05, 4.69) is 40.5 Å². The zero-order valence-corrected chi connectivity index (χ0v) is 24.4. The van der Waals surface area contributed by atoms with Crippen LogP contribution in [0.2, 0.25) is 0 Å². The van der Waals surface area contributed by atoms with Crippen LogP contribution < -0.4 is 0 Å². The molecule has 0 bridgehead atoms. The Morgan fingerprint density at radius 3 is 2.20 bits per heavy atom. The van der Waals surface area contributed by atoms with E-state index in [0.29, 0.717) is 35.9 Å². The first kappa shape index (κ1) is 29.2. The number of carbonyl (C=O) groups is 1. The maximum absolute atomic E-state index is 13.7. The molecule has 2 saturated heterocycles. The van der Waals surface area contributed by atoms with Gasteiger partial charge in [-0.1, -0.05) is 42.5 Å². The molecule has 3 aromatic rings. The van der Waals surface area contributed by atoms with Crippen LogP contribution >= 0.6 is 0 Å². The summed E-state index contributed by atoms with van der Waals surface area (Å²) in [7, 11) is 0. The number of amides is 1. The van der Waals surface area contributed by atoms with Gasteiger partial charge < -0.3 is 4.90 Å². The fraction of sp³-hybridized carbons (Fsp3) is 0.469. The van der Waals surface area contributed by atoms with Crippen molar-refractivity contribution in [3.8, 4) is 11.4 Å². The third kappa shape index (κ3) is 5.88. The summed E-state index contributed by atoms with van der Waals surface area (Å²) in [6, 6.07) is 15.5. The van der Waals surface area contributed by atoms with Crippen molar-refractivity contribution in [2.75, 3.05) is 32.7 Å². The van der Waals surface area contributed by atoms with E-state index in [4.69, 9.17) is 0 Å². The highest BCUT2D eigenvalue weighted by atomic mass is 19.4. The van der Waals surface area contributed by atoms with E-state index < -0.39 is 11.7 Å². The largest absolute Gasteiger partial charge is 0.416 e. The first-order chi connectivity index (χ1) is 19.4. The van der Waals surface area contributed by atoms with Crippen molar-refractivity contribution in [3.63, 3.8) is 0 Å². The highest BCUT2D eigenvalue weighted by molar-refractivity contribution is 5.96. The molecule has 9 heteroatoms. The number of likely N-dealkylation sites (tertiary alicyclic amines) is 1. The fourth-order valence-electron chi connectivity index (χ4n) is 6.46. The number of benzene rings is 2. The SMILES string of the molecule is Cc1nc(-c2ccccc2)nc(C)c1C(=O)N1CCC(C)(N2CCN([C@@H](C)c3ccc(C(F)(F)F)cc3)[C@@H](C)C2)C1. The van der Waals surface area contributed by atoms with Crippen LogP contribution in [0.25, 0.3) is 11.4 Å². The summed E-state index contributed by atoms with van der Waals surface area (Å²) in [5, 5.41) is 0. The zero-order valence-electron chi connectivity index (χ0n) is 24.4. The highest BCUT2D eigenvalue weighted by Gasteiger charge is 2.44. The molecule has 218 valence electrons. The Kier molecular flexibility index (Phi) is 7.96. The van der Waals surface area contributed by atoms with Gasteiger partial charge in [0.2, 0.25) is 0 Å². The molecule has 0 N–H and O–H groups in total. The molecule has 41 heavy (non-hydrogen) atoms. The molecule has 2 aliphatic rings. The minimum atomic E-state index is -4.33. The summed E-state index contributed by atoms with van der Waals surface area (Å²) < 4.78 is 39.0. The second-order valence-electron chi connectivity index (χ2n) is 11.8. The summed E-state index contributed by atoms with van der Waals surface area (Å²) in [6.45, 7) is 14.0. The zero-order chi connectivity index (χ0) is 29.5. The van der Waals surface area contributed by atoms with Crippen molar-refractivity contribution in [3.05, 3.63) is 82.7 Å². The molecule has 2 fully saturated rings. The molecule has 1 unspecified atom stereocenters. The highest BCUT2D eigenvalue weighted by Crippen LogP contribution is 2.35. The second kappa shape index (κ2) is 11.2. The predicted molar refractivity (Wildman–Crippen MR) is 153 cm³/mol. The topological polar surface area (TPSA) is 52.6 Å². The Balaban J connectivity index is 1.24. The van der Waals surface area contributed by atoms with Gasteiger partial charge in [0.1, 0.15) is 0 Å². The van der Waals surface area contributed by atoms with Crippen molar-refractivity contribution in [2.24, 2.45) is 0 Å². The number of aryl methyl sites for hydroxylation is 2. The van der Waals surface area contributed by atoms with E-state index in [1.807, 2.05) is 49.1 Å². The van der Waals surface area contributed by atoms with E-state index in [0.717, 1.165) is 37.2 Å². The van der Waals surface area contributed by atoms with Gasteiger partial charge in [0.15, 0.2) is 5.82 Å². The van der Waals surface area contributed by atoms with Gasteiger partial charge in [-0.25, -0.2) is 9.97 Å². The Morgan fingerprint density at radius 2 is 1.61 bits per heavy atom. The number of aromatic nitrogens is 2. The number of piperazine rings is 1. The third-order valence-electron chi connectivity index (χ3n) is 8.92. The van der Waals surface area contributed by atoms with Crippen LogP contribution in [-0.2, 0) is 6.18 Å². The van der Waals surface area contributed by atoms with Crippen molar-refractivity contribution in [1.82, 2.24) is 24.7 Å². The first-order valence-corrected chi connectivity index (χ1v) is 14.3. The van der Waals surface area contributed by atoms with Gasteiger partial charge in [0.25, 0.3) is 5.91 Å². The fourth-order valence-corrected chi connectivity index (χ4v) is 6.46. The number of hydrogen-bond acceptors (Lipinski definition) is 5. The smallest absolute Gasteiger partial charge is 0.337 e. The minimum Gasteiger partial charge on any atom is -0.337 e. The average Bonchev–Trinajstić information content (AvgIpc) is 3.35. The number of halogens is 3. The molecular weight excluding hydrogens is 527 g/mol. The molecule has 0 spiro atoms. The maximum Gasteiger partial charge on any atom is 0.416 e. The minimum absolute atomic E-state index is 0.00806. The van der Waals surface area contributed by atoms with Gasteiger partial charge in [0.05, 0.1) is 22.5 Å². The van der Waals surface area contributed by atoms with Crippen molar-refractivity contribution in [1.29, 1.82) is 0 Å². The first-order valence-electron chi connectivity index (χ1n) is 14.3. The van der Waals surface area contributed by atoms with E-state index in [9.17, 15) is 18.0 Å². The lowest BCUT2D eigenvalue weighted by Crippen LogP contribution is -2.60. The summed E-state index contributed by atoms with van der Waals surface area (Å²) in [5.41, 5.74) is 2.99. The maximum atomic E-state index is 13.7. The molecule has 2 aromatic carbocycles. The molecule has 1 amide bonds. The number of carbonyl (C=O) groups excluding carboxylic acids is 1. The molecular formula is C32H38F3N5O. The van der Waals surface area contributed by atoms with E-state index in [-0.39, 0.29) is 23.5 Å². The van der Waals surface area contributed by atoms with Crippen LogP contribution in [0, 0.1) is 13.8 Å². The predicted octanol–water partition coefficient (Wildman–Crippen LogP) is 6.15.